The third-order valence-corrected chi connectivity index (χ3v) is 6.40. The molecule has 7 nitrogen and oxygen atoms in total. The van der Waals surface area contributed by atoms with Gasteiger partial charge in [0.05, 0.1) is 11.0 Å². The highest BCUT2D eigenvalue weighted by Gasteiger charge is 2.32. The van der Waals surface area contributed by atoms with Crippen LogP contribution in [-0.4, -0.2) is 16.0 Å². The third kappa shape index (κ3) is 2.96. The van der Waals surface area contributed by atoms with Crippen LogP contribution >= 0.6 is 11.3 Å². The first-order valence-corrected chi connectivity index (χ1v) is 10.3. The monoisotopic (exact) mass is 406 g/mol. The second-order valence-electron chi connectivity index (χ2n) is 7.14. The lowest BCUT2D eigenvalue weighted by Crippen LogP contribution is -2.39. The van der Waals surface area contributed by atoms with Gasteiger partial charge in [0.2, 0.25) is 5.69 Å². The van der Waals surface area contributed by atoms with E-state index in [1.807, 2.05) is 6.07 Å². The molecule has 5 rings (SSSR count). The molecule has 8 heteroatoms. The molecule has 29 heavy (non-hydrogen) atoms. The number of benzene rings is 1. The molecule has 0 fully saturated rings. The van der Waals surface area contributed by atoms with Gasteiger partial charge in [0.15, 0.2) is 5.95 Å². The van der Waals surface area contributed by atoms with Crippen molar-refractivity contribution in [3.63, 3.8) is 0 Å². The van der Waals surface area contributed by atoms with Crippen LogP contribution in [0.1, 0.15) is 45.9 Å². The van der Waals surface area contributed by atoms with E-state index in [1.165, 1.54) is 28.0 Å². The van der Waals surface area contributed by atoms with Gasteiger partial charge in [-0.15, -0.1) is 11.3 Å². The number of fused-ring (bicyclic) bond motifs is 2. The number of nitrogens with two attached hydrogens (primary N) is 1. The van der Waals surface area contributed by atoms with Crippen molar-refractivity contribution < 1.29 is 19.1 Å². The lowest BCUT2D eigenvalue weighted by Gasteiger charge is -2.04. The van der Waals surface area contributed by atoms with Crippen molar-refractivity contribution in [2.24, 2.45) is 0 Å². The average Bonchev–Trinajstić information content (AvgIpc) is 3.17. The topological polar surface area (TPSA) is 109 Å². The summed E-state index contributed by atoms with van der Waals surface area (Å²) in [7, 11) is 0. The summed E-state index contributed by atoms with van der Waals surface area (Å²) in [5.41, 5.74) is 9.38. The Morgan fingerprint density at radius 3 is 2.79 bits per heavy atom. The first-order valence-electron chi connectivity index (χ1n) is 9.53. The van der Waals surface area contributed by atoms with Crippen LogP contribution in [0.3, 0.4) is 0 Å². The van der Waals surface area contributed by atoms with Crippen LogP contribution in [0.4, 0.5) is 5.69 Å². The molecule has 1 aromatic carbocycles. The zero-order valence-electron chi connectivity index (χ0n) is 15.6. The zero-order chi connectivity index (χ0) is 20.0. The minimum Gasteiger partial charge on any atom is -0.539 e. The van der Waals surface area contributed by atoms with Gasteiger partial charge in [-0.1, -0.05) is 24.6 Å². The summed E-state index contributed by atoms with van der Waals surface area (Å²) in [4.78, 5) is 19.1. The number of nitrogens with zero attached hydrogens (tertiary/aromatic N) is 3. The van der Waals surface area contributed by atoms with Crippen molar-refractivity contribution in [2.45, 2.75) is 32.1 Å². The van der Waals surface area contributed by atoms with Crippen LogP contribution in [-0.2, 0) is 12.8 Å². The van der Waals surface area contributed by atoms with Crippen LogP contribution in [0.25, 0.3) is 15.9 Å². The van der Waals surface area contributed by atoms with Gasteiger partial charge < -0.3 is 15.4 Å². The number of nitrogen functional groups attached to an aromatic ring is 1. The van der Waals surface area contributed by atoms with Gasteiger partial charge in [0, 0.05) is 23.2 Å². The predicted octanol–water partition coefficient (Wildman–Crippen LogP) is 2.72. The van der Waals surface area contributed by atoms with Crippen LogP contribution in [0.2, 0.25) is 0 Å². The Kier molecular flexibility index (Phi) is 4.28. The highest BCUT2D eigenvalue weighted by Crippen LogP contribution is 2.36. The SMILES string of the molecule is Nc1c(C(=O)c2c([O-])on[n+]2-c2ccccc2)sc2nc3c(cc12)CCCCC3. The van der Waals surface area contributed by atoms with E-state index in [-0.39, 0.29) is 10.6 Å². The summed E-state index contributed by atoms with van der Waals surface area (Å²) in [5, 5.41) is 16.8. The molecule has 0 amide bonds. The summed E-state index contributed by atoms with van der Waals surface area (Å²) in [6, 6.07) is 11.0. The molecule has 0 unspecified atom stereocenters. The van der Waals surface area contributed by atoms with E-state index in [2.05, 4.69) is 11.3 Å². The molecule has 0 saturated carbocycles. The molecule has 0 aliphatic heterocycles. The Morgan fingerprint density at radius 1 is 1.17 bits per heavy atom. The quantitative estimate of drug-likeness (QED) is 0.318. The molecular weight excluding hydrogens is 388 g/mol. The summed E-state index contributed by atoms with van der Waals surface area (Å²) in [6.45, 7) is 0. The number of aromatic nitrogens is 3. The molecule has 1 aliphatic rings. The van der Waals surface area contributed by atoms with Crippen LogP contribution < -0.4 is 15.5 Å². The Bertz CT molecular complexity index is 1230. The van der Waals surface area contributed by atoms with Gasteiger partial charge in [0.1, 0.15) is 9.71 Å². The maximum absolute atomic E-state index is 13.3. The smallest absolute Gasteiger partial charge is 0.312 e. The van der Waals surface area contributed by atoms with Crippen LogP contribution in [0.5, 0.6) is 5.95 Å². The number of carbonyl (C=O) groups is 1. The lowest BCUT2D eigenvalue weighted by molar-refractivity contribution is -0.672. The standard InChI is InChI=1S/C21H18N4O3S/c22-16-14-11-12-7-3-1-6-10-15(12)23-20(14)29-19(16)18(26)17-21(27)28-24-25(17)13-8-4-2-5-9-13/h2,4-5,8-9,11H,1,3,6-7,10H2,(H2-,22,24,26,27). The van der Waals surface area contributed by atoms with Gasteiger partial charge in [-0.3, -0.25) is 4.79 Å². The molecular formula is C21H18N4O3S. The van der Waals surface area contributed by atoms with E-state index < -0.39 is 11.7 Å². The van der Waals surface area contributed by atoms with E-state index >= 15 is 0 Å². The van der Waals surface area contributed by atoms with Crippen molar-refractivity contribution in [1.82, 2.24) is 10.3 Å². The van der Waals surface area contributed by atoms with E-state index in [1.54, 1.807) is 24.3 Å². The highest BCUT2D eigenvalue weighted by atomic mass is 32.1. The summed E-state index contributed by atoms with van der Waals surface area (Å²) < 4.78 is 6.01. The molecule has 3 heterocycles. The van der Waals surface area contributed by atoms with Crippen molar-refractivity contribution in [3.05, 3.63) is 58.2 Å². The largest absolute Gasteiger partial charge is 0.539 e. The van der Waals surface area contributed by atoms with Gasteiger partial charge in [0.25, 0.3) is 5.78 Å². The maximum atomic E-state index is 13.3. The van der Waals surface area contributed by atoms with E-state index in [9.17, 15) is 9.90 Å². The summed E-state index contributed by atoms with van der Waals surface area (Å²) in [5.74, 6) is -1.30. The fourth-order valence-corrected chi connectivity index (χ4v) is 4.83. The minimum atomic E-state index is -0.792. The number of aryl methyl sites for hydroxylation is 2. The minimum absolute atomic E-state index is 0.170. The number of thiophene rings is 1. The molecule has 0 saturated heterocycles. The van der Waals surface area contributed by atoms with Crippen molar-refractivity contribution in [3.8, 4) is 11.6 Å². The first kappa shape index (κ1) is 17.8. The number of hydrogen-bond donors (Lipinski definition) is 1. The highest BCUT2D eigenvalue weighted by molar-refractivity contribution is 7.21. The Balaban J connectivity index is 1.63. The fraction of sp³-hybridized carbons (Fsp3) is 0.238. The van der Waals surface area contributed by atoms with Gasteiger partial charge >= 0.3 is 5.69 Å². The van der Waals surface area contributed by atoms with Crippen molar-refractivity contribution in [1.29, 1.82) is 0 Å². The second-order valence-corrected chi connectivity index (χ2v) is 8.14. The average molecular weight is 406 g/mol. The normalized spacial score (nSPS) is 13.9. The molecule has 0 bridgehead atoms. The second kappa shape index (κ2) is 6.97. The fourth-order valence-electron chi connectivity index (χ4n) is 3.80. The van der Waals surface area contributed by atoms with Gasteiger partial charge in [-0.05, 0) is 42.0 Å². The number of rotatable bonds is 3. The number of para-hydroxylation sites is 1. The molecule has 4 aromatic rings. The summed E-state index contributed by atoms with van der Waals surface area (Å²) >= 11 is 1.22. The van der Waals surface area contributed by atoms with Gasteiger partial charge in [-0.25, -0.2) is 4.98 Å². The van der Waals surface area contributed by atoms with Crippen LogP contribution in [0.15, 0.2) is 40.9 Å². The Morgan fingerprint density at radius 2 is 1.97 bits per heavy atom. The molecule has 0 atom stereocenters. The summed E-state index contributed by atoms with van der Waals surface area (Å²) in [6.07, 6.45) is 5.36. The van der Waals surface area contributed by atoms with E-state index in [4.69, 9.17) is 15.2 Å². The van der Waals surface area contributed by atoms with Gasteiger partial charge in [-0.2, -0.15) is 0 Å². The Labute approximate surface area is 170 Å². The van der Waals surface area contributed by atoms with Crippen molar-refractivity contribution >= 4 is 33.0 Å². The predicted molar refractivity (Wildman–Crippen MR) is 106 cm³/mol. The number of carbonyl (C=O) groups excluding carboxylic acids is 1. The lowest BCUT2D eigenvalue weighted by atomic mass is 10.1. The molecule has 2 N–H and O–H groups in total. The van der Waals surface area contributed by atoms with Crippen molar-refractivity contribution in [2.75, 3.05) is 5.73 Å². The molecule has 146 valence electrons. The maximum Gasteiger partial charge on any atom is 0.312 e. The van der Waals surface area contributed by atoms with E-state index in [0.717, 1.165) is 41.6 Å². The molecule has 3 aromatic heterocycles. The number of ketones is 1. The third-order valence-electron chi connectivity index (χ3n) is 5.28. The number of pyridine rings is 1. The number of hydrogen-bond acceptors (Lipinski definition) is 7. The molecule has 1 aliphatic carbocycles. The van der Waals surface area contributed by atoms with E-state index in [0.29, 0.717) is 11.4 Å². The Hall–Kier alpha value is -3.26. The molecule has 0 radical (unpaired) electrons. The first-order chi connectivity index (χ1) is 14.1. The number of anilines is 1. The van der Waals surface area contributed by atoms with Crippen LogP contribution in [0, 0.1) is 0 Å². The zero-order valence-corrected chi connectivity index (χ0v) is 16.4. The molecule has 0 spiro atoms.